The van der Waals surface area contributed by atoms with Gasteiger partial charge in [-0.2, -0.15) is 9.97 Å². The van der Waals surface area contributed by atoms with Crippen LogP contribution in [0.2, 0.25) is 0 Å². The lowest BCUT2D eigenvalue weighted by atomic mass is 10.0. The van der Waals surface area contributed by atoms with E-state index in [1.807, 2.05) is 24.3 Å². The van der Waals surface area contributed by atoms with Crippen LogP contribution < -0.4 is 0 Å². The Kier molecular flexibility index (Phi) is 7.80. The minimum Gasteiger partial charge on any atom is -0.309 e. The molecule has 0 spiro atoms. The molecule has 0 aliphatic heterocycles. The Bertz CT molecular complexity index is 3850. The molecule has 0 atom stereocenters. The zero-order valence-corrected chi connectivity index (χ0v) is 34.0. The summed E-state index contributed by atoms with van der Waals surface area (Å²) in [4.78, 5) is 16.1. The summed E-state index contributed by atoms with van der Waals surface area (Å²) in [7, 11) is 0. The van der Waals surface area contributed by atoms with Gasteiger partial charge in [-0.05, 0) is 59.7 Å². The van der Waals surface area contributed by atoms with E-state index in [1.54, 1.807) is 0 Å². The molecule has 0 bridgehead atoms. The van der Waals surface area contributed by atoms with Gasteiger partial charge in [-0.15, -0.1) is 0 Å². The average Bonchev–Trinajstić information content (AvgIpc) is 4.01. The van der Waals surface area contributed by atoms with E-state index in [0.717, 1.165) is 88.3 Å². The third-order valence-electron chi connectivity index (χ3n) is 12.5. The summed E-state index contributed by atoms with van der Waals surface area (Å²) < 4.78 is 7.17. The predicted octanol–water partition coefficient (Wildman–Crippen LogP) is 14.2. The Labute approximate surface area is 362 Å². The highest BCUT2D eigenvalue weighted by Gasteiger charge is 2.27. The molecule has 6 nitrogen and oxygen atoms in total. The molecule has 4 aromatic heterocycles. The van der Waals surface area contributed by atoms with E-state index >= 15 is 0 Å². The molecule has 13 aromatic rings. The standard InChI is InChI=1S/C57H36N6/c1-4-19-37(20-5-1)39-23-18-24-40(35-39)56-58-55(38-21-6-2-7-22-38)59-57(60-56)63-50-34-17-13-30-45(50)52-51(62-48-32-15-10-27-42(48)43-28-11-16-33-49(43)62)36-46-44-29-12-14-31-47(44)61(53(46)54(52)63)41-25-8-3-9-26-41/h1-36H. The summed E-state index contributed by atoms with van der Waals surface area (Å²) in [6.45, 7) is 0. The number of nitrogens with zero attached hydrogens (tertiary/aromatic N) is 6. The summed E-state index contributed by atoms with van der Waals surface area (Å²) in [6, 6.07) is 77.3. The molecule has 0 radical (unpaired) electrons. The number of aromatic nitrogens is 6. The zero-order chi connectivity index (χ0) is 41.4. The molecule has 0 saturated heterocycles. The van der Waals surface area contributed by atoms with Crippen molar-refractivity contribution in [3.8, 4) is 51.2 Å². The molecule has 9 aromatic carbocycles. The monoisotopic (exact) mass is 804 g/mol. The fourth-order valence-electron chi connectivity index (χ4n) is 9.77. The van der Waals surface area contributed by atoms with Crippen LogP contribution in [-0.2, 0) is 0 Å². The van der Waals surface area contributed by atoms with Crippen molar-refractivity contribution >= 4 is 65.4 Å². The summed E-state index contributed by atoms with van der Waals surface area (Å²) >= 11 is 0. The van der Waals surface area contributed by atoms with Crippen molar-refractivity contribution in [3.05, 3.63) is 218 Å². The van der Waals surface area contributed by atoms with E-state index in [1.165, 1.54) is 10.8 Å². The maximum atomic E-state index is 5.49. The van der Waals surface area contributed by atoms with Crippen molar-refractivity contribution in [1.82, 2.24) is 28.7 Å². The van der Waals surface area contributed by atoms with Crippen molar-refractivity contribution in [2.24, 2.45) is 0 Å². The summed E-state index contributed by atoms with van der Waals surface area (Å²) in [5.41, 5.74) is 12.7. The summed E-state index contributed by atoms with van der Waals surface area (Å²) in [6.07, 6.45) is 0. The maximum Gasteiger partial charge on any atom is 0.238 e. The maximum absolute atomic E-state index is 5.49. The Balaban J connectivity index is 1.23. The van der Waals surface area contributed by atoms with Crippen LogP contribution in [0.1, 0.15) is 0 Å². The number of hydrogen-bond acceptors (Lipinski definition) is 3. The van der Waals surface area contributed by atoms with E-state index in [0.29, 0.717) is 17.6 Å². The van der Waals surface area contributed by atoms with Gasteiger partial charge in [-0.3, -0.25) is 4.57 Å². The van der Waals surface area contributed by atoms with Crippen LogP contribution in [0.5, 0.6) is 0 Å². The topological polar surface area (TPSA) is 53.5 Å². The second kappa shape index (κ2) is 14.0. The summed E-state index contributed by atoms with van der Waals surface area (Å²) in [5.74, 6) is 1.74. The normalized spacial score (nSPS) is 11.8. The van der Waals surface area contributed by atoms with Crippen molar-refractivity contribution in [3.63, 3.8) is 0 Å². The number of fused-ring (bicyclic) bond motifs is 10. The molecular weight excluding hydrogens is 769 g/mol. The van der Waals surface area contributed by atoms with Gasteiger partial charge in [0.15, 0.2) is 11.6 Å². The van der Waals surface area contributed by atoms with E-state index < -0.39 is 0 Å². The molecular formula is C57H36N6. The minimum atomic E-state index is 0.542. The van der Waals surface area contributed by atoms with Gasteiger partial charge < -0.3 is 9.13 Å². The minimum absolute atomic E-state index is 0.542. The van der Waals surface area contributed by atoms with Crippen molar-refractivity contribution in [2.45, 2.75) is 0 Å². The van der Waals surface area contributed by atoms with Gasteiger partial charge in [0.1, 0.15) is 0 Å². The Morgan fingerprint density at radius 1 is 0.286 bits per heavy atom. The van der Waals surface area contributed by atoms with Gasteiger partial charge in [-0.25, -0.2) is 4.98 Å². The zero-order valence-electron chi connectivity index (χ0n) is 34.0. The largest absolute Gasteiger partial charge is 0.309 e. The van der Waals surface area contributed by atoms with Gasteiger partial charge in [0, 0.05) is 49.1 Å². The number of hydrogen-bond donors (Lipinski definition) is 0. The van der Waals surface area contributed by atoms with Crippen LogP contribution in [0.3, 0.4) is 0 Å². The number of benzene rings is 9. The third kappa shape index (κ3) is 5.41. The molecule has 0 N–H and O–H groups in total. The van der Waals surface area contributed by atoms with Crippen molar-refractivity contribution < 1.29 is 0 Å². The molecule has 4 heterocycles. The lowest BCUT2D eigenvalue weighted by molar-refractivity contribution is 0.953. The summed E-state index contributed by atoms with van der Waals surface area (Å²) in [5, 5.41) is 6.93. The lowest BCUT2D eigenvalue weighted by Crippen LogP contribution is -2.07. The first kappa shape index (κ1) is 35.2. The first-order valence-corrected chi connectivity index (χ1v) is 21.3. The quantitative estimate of drug-likeness (QED) is 0.168. The lowest BCUT2D eigenvalue weighted by Gasteiger charge is -2.15. The fourth-order valence-corrected chi connectivity index (χ4v) is 9.77. The van der Waals surface area contributed by atoms with Crippen molar-refractivity contribution in [2.75, 3.05) is 0 Å². The van der Waals surface area contributed by atoms with Crippen LogP contribution >= 0.6 is 0 Å². The smallest absolute Gasteiger partial charge is 0.238 e. The Hall–Kier alpha value is -8.61. The van der Waals surface area contributed by atoms with Crippen LogP contribution in [0.15, 0.2) is 218 Å². The van der Waals surface area contributed by atoms with E-state index in [4.69, 9.17) is 15.0 Å². The van der Waals surface area contributed by atoms with Crippen LogP contribution in [0.25, 0.3) is 117 Å². The molecule has 0 fully saturated rings. The molecule has 0 aliphatic carbocycles. The Morgan fingerprint density at radius 2 is 0.746 bits per heavy atom. The average molecular weight is 805 g/mol. The molecule has 63 heavy (non-hydrogen) atoms. The first-order chi connectivity index (χ1) is 31.3. The first-order valence-electron chi connectivity index (χ1n) is 21.3. The second-order valence-corrected chi connectivity index (χ2v) is 16.0. The van der Waals surface area contributed by atoms with Crippen LogP contribution in [0.4, 0.5) is 0 Å². The molecule has 294 valence electrons. The molecule has 0 saturated carbocycles. The second-order valence-electron chi connectivity index (χ2n) is 16.0. The third-order valence-corrected chi connectivity index (χ3v) is 12.5. The number of para-hydroxylation sites is 5. The van der Waals surface area contributed by atoms with E-state index in [2.05, 4.69) is 208 Å². The van der Waals surface area contributed by atoms with Crippen molar-refractivity contribution in [1.29, 1.82) is 0 Å². The molecule has 0 unspecified atom stereocenters. The fraction of sp³-hybridized carbons (Fsp3) is 0. The highest BCUT2D eigenvalue weighted by molar-refractivity contribution is 6.27. The molecule has 0 amide bonds. The Morgan fingerprint density at radius 3 is 1.38 bits per heavy atom. The van der Waals surface area contributed by atoms with Gasteiger partial charge in [0.05, 0.1) is 38.8 Å². The van der Waals surface area contributed by atoms with Crippen LogP contribution in [0, 0.1) is 0 Å². The van der Waals surface area contributed by atoms with E-state index in [-0.39, 0.29) is 0 Å². The van der Waals surface area contributed by atoms with Gasteiger partial charge in [0.2, 0.25) is 5.95 Å². The van der Waals surface area contributed by atoms with Gasteiger partial charge in [0.25, 0.3) is 0 Å². The number of rotatable bonds is 6. The molecule has 6 heteroatoms. The van der Waals surface area contributed by atoms with Gasteiger partial charge in [-0.1, -0.05) is 170 Å². The molecule has 13 rings (SSSR count). The van der Waals surface area contributed by atoms with Gasteiger partial charge >= 0.3 is 0 Å². The highest BCUT2D eigenvalue weighted by atomic mass is 15.2. The van der Waals surface area contributed by atoms with Crippen LogP contribution in [-0.4, -0.2) is 28.7 Å². The molecule has 0 aliphatic rings. The predicted molar refractivity (Wildman–Crippen MR) is 259 cm³/mol. The highest BCUT2D eigenvalue weighted by Crippen LogP contribution is 2.46. The van der Waals surface area contributed by atoms with E-state index in [9.17, 15) is 0 Å². The SMILES string of the molecule is c1ccc(-c2cccc(-c3nc(-c4ccccc4)nc(-n4c5ccccc5c5c(-n6c7ccccc7c7ccccc76)cc6c7ccccc7n(-c7ccccc7)c6c54)n3)c2)cc1.